The summed E-state index contributed by atoms with van der Waals surface area (Å²) in [6.07, 6.45) is 15.4. The van der Waals surface area contributed by atoms with Gasteiger partial charge in [-0.25, -0.2) is 0 Å². The normalized spacial score (nSPS) is 13.5. The van der Waals surface area contributed by atoms with Crippen LogP contribution < -0.4 is 0 Å². The van der Waals surface area contributed by atoms with Gasteiger partial charge in [0, 0.05) is 6.42 Å². The second-order valence-electron chi connectivity index (χ2n) is 7.54. The summed E-state index contributed by atoms with van der Waals surface area (Å²) in [6.45, 7) is 2.14. The minimum absolute atomic E-state index is 0.222. The molecule has 0 saturated heterocycles. The zero-order chi connectivity index (χ0) is 21.2. The van der Waals surface area contributed by atoms with Crippen LogP contribution >= 0.6 is 0 Å². The van der Waals surface area contributed by atoms with Gasteiger partial charge < -0.3 is 15.3 Å². The highest BCUT2D eigenvalue weighted by atomic mass is 16.4. The van der Waals surface area contributed by atoms with Gasteiger partial charge >= 0.3 is 17.9 Å². The second kappa shape index (κ2) is 17.3. The molecule has 0 bridgehead atoms. The van der Waals surface area contributed by atoms with Gasteiger partial charge in [0.1, 0.15) is 0 Å². The molecule has 6 heteroatoms. The fraction of sp³-hybridized carbons (Fsp3) is 0.773. The monoisotopic (exact) mass is 398 g/mol. The number of unbranched alkanes of at least 4 members (excludes halogenated alkanes) is 9. The van der Waals surface area contributed by atoms with Crippen molar-refractivity contribution in [3.05, 3.63) is 12.2 Å². The molecule has 28 heavy (non-hydrogen) atoms. The van der Waals surface area contributed by atoms with Gasteiger partial charge in [0.25, 0.3) is 0 Å². The van der Waals surface area contributed by atoms with Gasteiger partial charge in [-0.3, -0.25) is 14.4 Å². The topological polar surface area (TPSA) is 112 Å². The Hall–Kier alpha value is -1.85. The molecule has 0 saturated carbocycles. The Bertz CT molecular complexity index is 472. The van der Waals surface area contributed by atoms with Gasteiger partial charge in [-0.2, -0.15) is 0 Å². The molecule has 0 aliphatic heterocycles. The molecule has 0 aromatic rings. The standard InChI is InChI=1S/C22H38O6/c1-2-3-4-8-11-14-18(19(22(27)28)17-21(25)26)15-12-9-6-5-7-10-13-16-20(23)24/h12,15,18-19H,2-11,13-14,16-17H2,1H3,(H,23,24)(H,25,26)(H,27,28)/b15-12+. The van der Waals surface area contributed by atoms with Crippen LogP contribution in [0.25, 0.3) is 0 Å². The van der Waals surface area contributed by atoms with Crippen molar-refractivity contribution in [2.75, 3.05) is 0 Å². The number of hydrogen-bond acceptors (Lipinski definition) is 3. The van der Waals surface area contributed by atoms with Crippen molar-refractivity contribution in [1.82, 2.24) is 0 Å². The van der Waals surface area contributed by atoms with Crippen LogP contribution in [0.4, 0.5) is 0 Å². The summed E-state index contributed by atoms with van der Waals surface area (Å²) in [4.78, 5) is 33.1. The lowest BCUT2D eigenvalue weighted by molar-refractivity contribution is -0.149. The van der Waals surface area contributed by atoms with Crippen molar-refractivity contribution in [3.63, 3.8) is 0 Å². The first-order valence-electron chi connectivity index (χ1n) is 10.7. The number of allylic oxidation sites excluding steroid dienone is 2. The molecule has 0 aromatic heterocycles. The number of rotatable bonds is 19. The summed E-state index contributed by atoms with van der Waals surface area (Å²) < 4.78 is 0. The molecule has 2 atom stereocenters. The largest absolute Gasteiger partial charge is 0.481 e. The van der Waals surface area contributed by atoms with E-state index in [0.29, 0.717) is 12.8 Å². The quantitative estimate of drug-likeness (QED) is 0.195. The minimum atomic E-state index is -1.07. The second-order valence-corrected chi connectivity index (χ2v) is 7.54. The number of carboxylic acid groups (broad SMARTS) is 3. The van der Waals surface area contributed by atoms with Gasteiger partial charge in [-0.1, -0.05) is 70.4 Å². The van der Waals surface area contributed by atoms with E-state index in [1.54, 1.807) is 0 Å². The number of hydrogen-bond donors (Lipinski definition) is 3. The number of carboxylic acids is 3. The van der Waals surface area contributed by atoms with E-state index < -0.39 is 23.8 Å². The number of carbonyl (C=O) groups is 3. The fourth-order valence-electron chi connectivity index (χ4n) is 3.36. The first-order valence-corrected chi connectivity index (χ1v) is 10.7. The highest BCUT2D eigenvalue weighted by Crippen LogP contribution is 2.25. The Morgan fingerprint density at radius 2 is 1.39 bits per heavy atom. The molecule has 0 fully saturated rings. The Morgan fingerprint density at radius 3 is 2.00 bits per heavy atom. The highest BCUT2D eigenvalue weighted by Gasteiger charge is 2.28. The predicted octanol–water partition coefficient (Wildman–Crippen LogP) is 5.51. The maximum absolute atomic E-state index is 11.6. The van der Waals surface area contributed by atoms with Crippen LogP contribution in [0, 0.1) is 11.8 Å². The summed E-state index contributed by atoms with van der Waals surface area (Å²) in [7, 11) is 0. The molecular weight excluding hydrogens is 360 g/mol. The molecule has 0 radical (unpaired) electrons. The van der Waals surface area contributed by atoms with E-state index in [-0.39, 0.29) is 18.8 Å². The first-order chi connectivity index (χ1) is 13.4. The Kier molecular flexibility index (Phi) is 16.1. The highest BCUT2D eigenvalue weighted by molar-refractivity contribution is 5.78. The van der Waals surface area contributed by atoms with Crippen molar-refractivity contribution in [2.45, 2.75) is 96.8 Å². The lowest BCUT2D eigenvalue weighted by Crippen LogP contribution is -2.25. The maximum atomic E-state index is 11.6. The summed E-state index contributed by atoms with van der Waals surface area (Å²) in [5, 5.41) is 27.1. The van der Waals surface area contributed by atoms with Crippen molar-refractivity contribution in [3.8, 4) is 0 Å². The van der Waals surface area contributed by atoms with Crippen LogP contribution in [0.15, 0.2) is 12.2 Å². The first kappa shape index (κ1) is 26.1. The van der Waals surface area contributed by atoms with Gasteiger partial charge in [0.15, 0.2) is 0 Å². The fourth-order valence-corrected chi connectivity index (χ4v) is 3.36. The van der Waals surface area contributed by atoms with Crippen molar-refractivity contribution in [1.29, 1.82) is 0 Å². The van der Waals surface area contributed by atoms with Crippen LogP contribution in [0.3, 0.4) is 0 Å². The zero-order valence-corrected chi connectivity index (χ0v) is 17.3. The van der Waals surface area contributed by atoms with Crippen LogP contribution in [0.1, 0.15) is 96.8 Å². The van der Waals surface area contributed by atoms with Gasteiger partial charge in [0.05, 0.1) is 12.3 Å². The van der Waals surface area contributed by atoms with E-state index in [0.717, 1.165) is 57.8 Å². The molecule has 2 unspecified atom stereocenters. The zero-order valence-electron chi connectivity index (χ0n) is 17.3. The smallest absolute Gasteiger partial charge is 0.307 e. The Morgan fingerprint density at radius 1 is 0.786 bits per heavy atom. The van der Waals surface area contributed by atoms with E-state index >= 15 is 0 Å². The van der Waals surface area contributed by atoms with Gasteiger partial charge in [0.2, 0.25) is 0 Å². The summed E-state index contributed by atoms with van der Waals surface area (Å²) in [5.74, 6) is -3.98. The lowest BCUT2D eigenvalue weighted by atomic mass is 9.84. The average Bonchev–Trinajstić information content (AvgIpc) is 2.62. The van der Waals surface area contributed by atoms with Crippen LogP contribution in [-0.2, 0) is 14.4 Å². The van der Waals surface area contributed by atoms with Crippen LogP contribution in [0.5, 0.6) is 0 Å². The third-order valence-corrected chi connectivity index (χ3v) is 5.01. The maximum Gasteiger partial charge on any atom is 0.307 e. The molecule has 0 amide bonds. The molecule has 0 spiro atoms. The Balaban J connectivity index is 4.40. The van der Waals surface area contributed by atoms with E-state index in [1.807, 2.05) is 12.2 Å². The van der Waals surface area contributed by atoms with E-state index in [9.17, 15) is 19.5 Å². The van der Waals surface area contributed by atoms with E-state index in [2.05, 4.69) is 6.92 Å². The summed E-state index contributed by atoms with van der Waals surface area (Å²) in [6, 6.07) is 0. The molecule has 162 valence electrons. The van der Waals surface area contributed by atoms with Crippen LogP contribution in [0.2, 0.25) is 0 Å². The Labute approximate surface area is 169 Å². The van der Waals surface area contributed by atoms with Gasteiger partial charge in [-0.15, -0.1) is 0 Å². The van der Waals surface area contributed by atoms with Gasteiger partial charge in [-0.05, 0) is 31.6 Å². The van der Waals surface area contributed by atoms with E-state index in [4.69, 9.17) is 10.2 Å². The molecular formula is C22H38O6. The average molecular weight is 399 g/mol. The summed E-state index contributed by atoms with van der Waals surface area (Å²) >= 11 is 0. The molecule has 0 aromatic carbocycles. The van der Waals surface area contributed by atoms with Crippen molar-refractivity contribution in [2.24, 2.45) is 11.8 Å². The third-order valence-electron chi connectivity index (χ3n) is 5.01. The number of aliphatic carboxylic acids is 3. The molecule has 0 rings (SSSR count). The molecule has 0 aliphatic rings. The minimum Gasteiger partial charge on any atom is -0.481 e. The molecule has 3 N–H and O–H groups in total. The summed E-state index contributed by atoms with van der Waals surface area (Å²) in [5.41, 5.74) is 0. The molecule has 0 heterocycles. The molecule has 0 aliphatic carbocycles. The lowest BCUT2D eigenvalue weighted by Gasteiger charge is -2.20. The van der Waals surface area contributed by atoms with Crippen molar-refractivity contribution < 1.29 is 29.7 Å². The van der Waals surface area contributed by atoms with E-state index in [1.165, 1.54) is 6.42 Å². The third kappa shape index (κ3) is 15.2. The van der Waals surface area contributed by atoms with Crippen molar-refractivity contribution >= 4 is 17.9 Å². The molecule has 6 nitrogen and oxygen atoms in total. The predicted molar refractivity (Wildman–Crippen MR) is 109 cm³/mol. The SMILES string of the molecule is CCCCCCCC(/C=C/CCCCCCCC(=O)O)C(CC(=O)O)C(=O)O. The van der Waals surface area contributed by atoms with Crippen LogP contribution in [-0.4, -0.2) is 33.2 Å².